The Labute approximate surface area is 149 Å². The monoisotopic (exact) mass is 361 g/mol. The maximum absolute atomic E-state index is 14.6. The third-order valence-electron chi connectivity index (χ3n) is 4.29. The van der Waals surface area contributed by atoms with Crippen molar-refractivity contribution in [3.05, 3.63) is 47.5 Å². The van der Waals surface area contributed by atoms with Gasteiger partial charge in [-0.05, 0) is 48.2 Å². The molecule has 1 N–H and O–H groups in total. The Kier molecular flexibility index (Phi) is 5.36. The van der Waals surface area contributed by atoms with Crippen molar-refractivity contribution in [3.8, 4) is 11.1 Å². The molecule has 7 heteroatoms. The summed E-state index contributed by atoms with van der Waals surface area (Å²) in [5.74, 6) is 0.0616. The average Bonchev–Trinajstić information content (AvgIpc) is 2.62. The molecular weight excluding hydrogens is 341 g/mol. The van der Waals surface area contributed by atoms with Crippen LogP contribution in [0.4, 0.5) is 10.1 Å². The van der Waals surface area contributed by atoms with Gasteiger partial charge in [-0.2, -0.15) is 0 Å². The number of pyridine rings is 1. The van der Waals surface area contributed by atoms with Crippen LogP contribution in [0.15, 0.2) is 30.6 Å². The minimum atomic E-state index is -1.07. The van der Waals surface area contributed by atoms with Crippen molar-refractivity contribution in [1.82, 2.24) is 9.71 Å². The maximum Gasteiger partial charge on any atom is 0.227 e. The fourth-order valence-electron chi connectivity index (χ4n) is 2.93. The van der Waals surface area contributed by atoms with E-state index < -0.39 is 17.2 Å². The van der Waals surface area contributed by atoms with E-state index in [1.54, 1.807) is 19.4 Å². The molecule has 2 heterocycles. The number of nitrogens with one attached hydrogen (secondary N) is 1. The number of benzene rings is 1. The first-order valence-corrected chi connectivity index (χ1v) is 9.46. The van der Waals surface area contributed by atoms with E-state index in [-0.39, 0.29) is 5.91 Å². The van der Waals surface area contributed by atoms with Crippen molar-refractivity contribution in [2.24, 2.45) is 0 Å². The van der Waals surface area contributed by atoms with Gasteiger partial charge in [0.05, 0.1) is 12.2 Å². The summed E-state index contributed by atoms with van der Waals surface area (Å²) in [6.07, 6.45) is 4.30. The highest BCUT2D eigenvalue weighted by Gasteiger charge is 2.25. The van der Waals surface area contributed by atoms with Crippen molar-refractivity contribution in [2.45, 2.75) is 26.3 Å². The topological polar surface area (TPSA) is 68.3 Å². The lowest BCUT2D eigenvalue weighted by atomic mass is 9.96. The molecule has 1 aromatic carbocycles. The Morgan fingerprint density at radius 2 is 2.08 bits per heavy atom. The molecule has 2 aromatic rings. The lowest BCUT2D eigenvalue weighted by molar-refractivity contribution is -0.118. The van der Waals surface area contributed by atoms with E-state index in [4.69, 9.17) is 0 Å². The van der Waals surface area contributed by atoms with Crippen molar-refractivity contribution < 1.29 is 13.7 Å². The largest absolute Gasteiger partial charge is 0.598 e. The second kappa shape index (κ2) is 7.51. The number of aromatic nitrogens is 1. The van der Waals surface area contributed by atoms with Crippen LogP contribution in [0.3, 0.4) is 0 Å². The van der Waals surface area contributed by atoms with Gasteiger partial charge in [-0.15, -0.1) is 4.72 Å². The van der Waals surface area contributed by atoms with Gasteiger partial charge in [0.15, 0.2) is 0 Å². The molecule has 132 valence electrons. The SMILES string of the molecule is CC[S+]([O-])NCc1cncc(-c2cc(F)c3c(c2)CCC(=O)N3C)c1. The highest BCUT2D eigenvalue weighted by molar-refractivity contribution is 7.89. The minimum Gasteiger partial charge on any atom is -0.598 e. The molecule has 1 aromatic heterocycles. The Bertz CT molecular complexity index is 800. The van der Waals surface area contributed by atoms with Crippen LogP contribution >= 0.6 is 0 Å². The number of halogens is 1. The van der Waals surface area contributed by atoms with Gasteiger partial charge < -0.3 is 9.45 Å². The predicted molar refractivity (Wildman–Crippen MR) is 96.9 cm³/mol. The van der Waals surface area contributed by atoms with Crippen LogP contribution in [0.5, 0.6) is 0 Å². The quantitative estimate of drug-likeness (QED) is 0.831. The molecule has 0 saturated carbocycles. The van der Waals surface area contributed by atoms with Crippen LogP contribution in [-0.4, -0.2) is 28.2 Å². The lowest BCUT2D eigenvalue weighted by Gasteiger charge is -2.26. The van der Waals surface area contributed by atoms with Gasteiger partial charge in [0.1, 0.15) is 11.6 Å². The molecule has 1 amide bonds. The first kappa shape index (κ1) is 17.8. The molecule has 1 atom stereocenters. The number of nitrogens with zero attached hydrogens (tertiary/aromatic N) is 2. The number of aryl methyl sites for hydroxylation is 1. The molecule has 0 bridgehead atoms. The molecule has 1 unspecified atom stereocenters. The molecule has 0 fully saturated rings. The third kappa shape index (κ3) is 3.84. The van der Waals surface area contributed by atoms with Crippen LogP contribution in [0.2, 0.25) is 0 Å². The summed E-state index contributed by atoms with van der Waals surface area (Å²) in [7, 11) is 1.60. The number of rotatable bonds is 5. The summed E-state index contributed by atoms with van der Waals surface area (Å²) in [5.41, 5.74) is 3.59. The number of fused-ring (bicyclic) bond motifs is 1. The zero-order valence-electron chi connectivity index (χ0n) is 14.2. The fourth-order valence-corrected chi connectivity index (χ4v) is 3.46. The Morgan fingerprint density at radius 1 is 1.28 bits per heavy atom. The number of amides is 1. The lowest BCUT2D eigenvalue weighted by Crippen LogP contribution is -2.32. The number of hydrogen-bond donors (Lipinski definition) is 1. The van der Waals surface area contributed by atoms with Gasteiger partial charge in [0, 0.05) is 42.8 Å². The van der Waals surface area contributed by atoms with E-state index in [0.29, 0.717) is 30.8 Å². The molecule has 3 rings (SSSR count). The first-order chi connectivity index (χ1) is 12.0. The van der Waals surface area contributed by atoms with E-state index in [0.717, 1.165) is 22.3 Å². The summed E-state index contributed by atoms with van der Waals surface area (Å²) in [6.45, 7) is 2.28. The van der Waals surface area contributed by atoms with Crippen LogP contribution in [0.1, 0.15) is 24.5 Å². The van der Waals surface area contributed by atoms with E-state index in [1.165, 1.54) is 11.0 Å². The van der Waals surface area contributed by atoms with Crippen molar-refractivity contribution in [1.29, 1.82) is 0 Å². The van der Waals surface area contributed by atoms with Gasteiger partial charge in [0.2, 0.25) is 5.91 Å². The summed E-state index contributed by atoms with van der Waals surface area (Å²) in [5, 5.41) is 0. The minimum absolute atomic E-state index is 0.0715. The van der Waals surface area contributed by atoms with Gasteiger partial charge in [-0.25, -0.2) is 4.39 Å². The zero-order valence-corrected chi connectivity index (χ0v) is 15.0. The van der Waals surface area contributed by atoms with Gasteiger partial charge in [0.25, 0.3) is 0 Å². The summed E-state index contributed by atoms with van der Waals surface area (Å²) in [6, 6.07) is 5.26. The molecule has 1 aliphatic heterocycles. The third-order valence-corrected chi connectivity index (χ3v) is 5.28. The highest BCUT2D eigenvalue weighted by atomic mass is 32.2. The summed E-state index contributed by atoms with van der Waals surface area (Å²) < 4.78 is 29.0. The molecule has 1 aliphatic rings. The Hall–Kier alpha value is -1.96. The van der Waals surface area contributed by atoms with Crippen molar-refractivity contribution >= 4 is 23.0 Å². The van der Waals surface area contributed by atoms with Crippen LogP contribution in [0, 0.1) is 5.82 Å². The van der Waals surface area contributed by atoms with Crippen LogP contribution in [0.25, 0.3) is 11.1 Å². The average molecular weight is 361 g/mol. The van der Waals surface area contributed by atoms with Crippen LogP contribution < -0.4 is 9.62 Å². The summed E-state index contributed by atoms with van der Waals surface area (Å²) >= 11 is -1.07. The van der Waals surface area contributed by atoms with Crippen LogP contribution in [-0.2, 0) is 29.1 Å². The molecule has 5 nitrogen and oxygen atoms in total. The van der Waals surface area contributed by atoms with E-state index in [2.05, 4.69) is 9.71 Å². The van der Waals surface area contributed by atoms with Crippen molar-refractivity contribution in [2.75, 3.05) is 17.7 Å². The zero-order chi connectivity index (χ0) is 18.0. The normalized spacial score (nSPS) is 15.2. The predicted octanol–water partition coefficient (Wildman–Crippen LogP) is 2.57. The second-order valence-corrected chi connectivity index (χ2v) is 7.51. The van der Waals surface area contributed by atoms with Gasteiger partial charge in [-0.3, -0.25) is 9.78 Å². The number of carbonyl (C=O) groups is 1. The molecule has 25 heavy (non-hydrogen) atoms. The number of hydrogen-bond acceptors (Lipinski definition) is 4. The number of anilines is 1. The first-order valence-electron chi connectivity index (χ1n) is 8.14. The standard InChI is InChI=1S/C18H20FN3O2S/c1-3-25(24)21-10-12-6-15(11-20-9-12)14-7-13-4-5-17(23)22(2)18(13)16(19)8-14/h6-9,11,21H,3-5,10H2,1-2H3. The fraction of sp³-hybridized carbons (Fsp3) is 0.333. The number of carbonyl (C=O) groups excluding carboxylic acids is 1. The van der Waals surface area contributed by atoms with Crippen molar-refractivity contribution in [3.63, 3.8) is 0 Å². The highest BCUT2D eigenvalue weighted by Crippen LogP contribution is 2.34. The molecule has 0 spiro atoms. The van der Waals surface area contributed by atoms with E-state index in [9.17, 15) is 13.7 Å². The summed E-state index contributed by atoms with van der Waals surface area (Å²) in [4.78, 5) is 17.4. The molecule has 0 aliphatic carbocycles. The maximum atomic E-state index is 14.6. The molecular formula is C18H20FN3O2S. The second-order valence-electron chi connectivity index (χ2n) is 5.96. The molecule has 0 radical (unpaired) electrons. The van der Waals surface area contributed by atoms with E-state index in [1.807, 2.05) is 19.1 Å². The Balaban J connectivity index is 1.90. The van der Waals surface area contributed by atoms with Gasteiger partial charge in [-0.1, -0.05) is 0 Å². The smallest absolute Gasteiger partial charge is 0.227 e. The molecule has 0 saturated heterocycles. The van der Waals surface area contributed by atoms with E-state index >= 15 is 0 Å². The van der Waals surface area contributed by atoms with Gasteiger partial charge >= 0.3 is 0 Å². The Morgan fingerprint density at radius 3 is 2.84 bits per heavy atom.